The molecule has 8 rings (SSSR count). The number of ether oxygens (including phenoxy) is 3. The van der Waals surface area contributed by atoms with Gasteiger partial charge in [-0.2, -0.15) is 0 Å². The monoisotopic (exact) mass is 806 g/mol. The zero-order chi connectivity index (χ0) is 37.0. The molecular formula is C43H36BrFN2O6S. The van der Waals surface area contributed by atoms with Gasteiger partial charge in [-0.05, 0) is 96.8 Å². The molecule has 0 N–H and O–H groups in total. The van der Waals surface area contributed by atoms with E-state index in [1.54, 1.807) is 23.5 Å². The number of hydrogen-bond acceptors (Lipinski definition) is 9. The van der Waals surface area contributed by atoms with Crippen LogP contribution in [0.5, 0.6) is 23.0 Å². The van der Waals surface area contributed by atoms with Crippen LogP contribution in [0.15, 0.2) is 120 Å². The van der Waals surface area contributed by atoms with Gasteiger partial charge < -0.3 is 19.1 Å². The van der Waals surface area contributed by atoms with E-state index in [2.05, 4.69) is 67.1 Å². The summed E-state index contributed by atoms with van der Waals surface area (Å²) in [6.07, 6.45) is 2.49. The fraction of sp³-hybridized carbons (Fsp3) is 0.209. The lowest BCUT2D eigenvalue weighted by Crippen LogP contribution is -2.61. The number of hydrogen-bond donors (Lipinski definition) is 0. The maximum atomic E-state index is 12.4. The number of carbonyl (C=O) groups excluding carboxylic acids is 2. The molecule has 0 bridgehead atoms. The van der Waals surface area contributed by atoms with E-state index < -0.39 is 5.97 Å². The third kappa shape index (κ3) is 7.84. The Hall–Kier alpha value is -5.23. The van der Waals surface area contributed by atoms with Gasteiger partial charge in [0.05, 0.1) is 10.4 Å². The zero-order valence-corrected chi connectivity index (χ0v) is 31.6. The molecule has 3 heterocycles. The number of benzene rings is 5. The van der Waals surface area contributed by atoms with Crippen molar-refractivity contribution >= 4 is 55.3 Å². The molecule has 2 fully saturated rings. The van der Waals surface area contributed by atoms with E-state index in [9.17, 15) is 14.1 Å². The Labute approximate surface area is 324 Å². The Kier molecular flexibility index (Phi) is 10.6. The van der Waals surface area contributed by atoms with Crippen LogP contribution >= 0.6 is 27.3 Å². The number of anilines is 1. The molecule has 5 aromatic carbocycles. The van der Waals surface area contributed by atoms with Crippen molar-refractivity contribution in [1.29, 1.82) is 0 Å². The third-order valence-electron chi connectivity index (χ3n) is 9.99. The number of fused-ring (bicyclic) bond motifs is 1. The summed E-state index contributed by atoms with van der Waals surface area (Å²) in [5, 5.41) is 1.02. The van der Waals surface area contributed by atoms with Gasteiger partial charge in [-0.25, -0.2) is 9.74 Å². The normalized spacial score (nSPS) is 15.1. The van der Waals surface area contributed by atoms with Gasteiger partial charge in [0.15, 0.2) is 12.0 Å². The molecule has 0 radical (unpaired) electrons. The smallest absolute Gasteiger partial charge is 0.380 e. The Morgan fingerprint density at radius 3 is 2.30 bits per heavy atom. The van der Waals surface area contributed by atoms with Crippen LogP contribution in [0.2, 0.25) is 0 Å². The molecule has 274 valence electrons. The maximum Gasteiger partial charge on any atom is 0.380 e. The van der Waals surface area contributed by atoms with Crippen molar-refractivity contribution in [3.05, 3.63) is 136 Å². The van der Waals surface area contributed by atoms with Crippen molar-refractivity contribution in [2.45, 2.75) is 31.6 Å². The third-order valence-corrected chi connectivity index (χ3v) is 11.7. The molecule has 0 aliphatic carbocycles. The second-order valence-corrected chi connectivity index (χ2v) is 15.4. The van der Waals surface area contributed by atoms with Gasteiger partial charge in [0, 0.05) is 62.6 Å². The Morgan fingerprint density at radius 2 is 1.57 bits per heavy atom. The minimum atomic E-state index is -1.17. The summed E-state index contributed by atoms with van der Waals surface area (Å²) < 4.78 is 33.7. The van der Waals surface area contributed by atoms with Gasteiger partial charge in [-0.15, -0.1) is 11.3 Å². The van der Waals surface area contributed by atoms with E-state index in [1.807, 2.05) is 60.7 Å². The van der Waals surface area contributed by atoms with Crippen LogP contribution in [-0.2, 0) is 11.5 Å². The maximum absolute atomic E-state index is 12.4. The summed E-state index contributed by atoms with van der Waals surface area (Å²) in [4.78, 5) is 32.0. The lowest BCUT2D eigenvalue weighted by Gasteiger charge is -2.48. The molecule has 2 aliphatic heterocycles. The number of thiophene rings is 1. The highest BCUT2D eigenvalue weighted by molar-refractivity contribution is 9.10. The average molecular weight is 808 g/mol. The Morgan fingerprint density at radius 1 is 0.852 bits per heavy atom. The average Bonchev–Trinajstić information content (AvgIpc) is 3.55. The first-order valence-electron chi connectivity index (χ1n) is 17.8. The molecule has 54 heavy (non-hydrogen) atoms. The van der Waals surface area contributed by atoms with Crippen molar-refractivity contribution in [2.75, 3.05) is 31.1 Å². The first-order valence-corrected chi connectivity index (χ1v) is 19.4. The predicted molar refractivity (Wildman–Crippen MR) is 212 cm³/mol. The van der Waals surface area contributed by atoms with Crippen LogP contribution in [0, 0.1) is 0 Å². The fourth-order valence-electron chi connectivity index (χ4n) is 7.00. The standard InChI is InChI=1S/C43H36BrFN2O6S/c44-31-8-6-29(7-9-31)42-41(39-17-15-37(23-40(39)54-42)50-27-28-4-2-1-3-5-28)52-35-13-11-34(12-14-35)51-36-18-20-46(21-19-36)33-24-47(25-33)32-10-16-38(43(49)53-45)30(22-32)26-48/h1-17,22-23,26,33,36H,18-21,24-25,27H2. The van der Waals surface area contributed by atoms with E-state index in [0.29, 0.717) is 18.9 Å². The first-order chi connectivity index (χ1) is 26.4. The molecule has 0 amide bonds. The van der Waals surface area contributed by atoms with Crippen LogP contribution in [0.4, 0.5) is 10.2 Å². The molecule has 0 saturated carbocycles. The molecule has 0 atom stereocenters. The van der Waals surface area contributed by atoms with Gasteiger partial charge in [0.1, 0.15) is 30.0 Å². The van der Waals surface area contributed by atoms with Gasteiger partial charge in [0.25, 0.3) is 0 Å². The molecule has 1 aromatic heterocycles. The number of rotatable bonds is 12. The second kappa shape index (κ2) is 16.0. The number of likely N-dealkylation sites (tertiary alicyclic amines) is 1. The van der Waals surface area contributed by atoms with Gasteiger partial charge >= 0.3 is 5.97 Å². The quantitative estimate of drug-likeness (QED) is 0.113. The summed E-state index contributed by atoms with van der Waals surface area (Å²) in [5.41, 5.74) is 3.05. The van der Waals surface area contributed by atoms with Crippen molar-refractivity contribution in [1.82, 2.24) is 4.90 Å². The largest absolute Gasteiger partial charge is 0.490 e. The van der Waals surface area contributed by atoms with Crippen LogP contribution in [-0.4, -0.2) is 55.5 Å². The molecule has 0 spiro atoms. The van der Waals surface area contributed by atoms with Crippen molar-refractivity contribution in [3.8, 4) is 33.4 Å². The molecule has 6 aromatic rings. The van der Waals surface area contributed by atoms with E-state index in [4.69, 9.17) is 14.2 Å². The number of piperidine rings is 1. The summed E-state index contributed by atoms with van der Waals surface area (Å²) in [5.74, 6) is 1.99. The molecule has 8 nitrogen and oxygen atoms in total. The van der Waals surface area contributed by atoms with Crippen molar-refractivity contribution in [3.63, 3.8) is 0 Å². The highest BCUT2D eigenvalue weighted by Gasteiger charge is 2.35. The lowest BCUT2D eigenvalue weighted by molar-refractivity contribution is -0.0788. The first kappa shape index (κ1) is 35.8. The van der Waals surface area contributed by atoms with Crippen molar-refractivity contribution < 1.29 is 33.3 Å². The second-order valence-electron chi connectivity index (χ2n) is 13.4. The molecule has 0 unspecified atom stereocenters. The molecule has 2 saturated heterocycles. The van der Waals surface area contributed by atoms with Crippen LogP contribution < -0.4 is 19.1 Å². The lowest BCUT2D eigenvalue weighted by atomic mass is 9.99. The van der Waals surface area contributed by atoms with E-state index in [1.165, 1.54) is 6.07 Å². The minimum absolute atomic E-state index is 0.0840. The van der Waals surface area contributed by atoms with E-state index in [-0.39, 0.29) is 17.2 Å². The zero-order valence-electron chi connectivity index (χ0n) is 29.2. The highest BCUT2D eigenvalue weighted by Crippen LogP contribution is 2.47. The predicted octanol–water partition coefficient (Wildman–Crippen LogP) is 10.3. The number of carbonyl (C=O) groups is 2. The molecular weight excluding hydrogens is 771 g/mol. The van der Waals surface area contributed by atoms with Crippen LogP contribution in [0.25, 0.3) is 20.5 Å². The highest BCUT2D eigenvalue weighted by atomic mass is 79.9. The number of nitrogens with zero attached hydrogens (tertiary/aromatic N) is 2. The molecule has 2 aliphatic rings. The van der Waals surface area contributed by atoms with Gasteiger partial charge in [0.2, 0.25) is 0 Å². The Balaban J connectivity index is 0.882. The van der Waals surface area contributed by atoms with Crippen molar-refractivity contribution in [2.24, 2.45) is 0 Å². The SMILES string of the molecule is O=Cc1cc(N2CC(N3CCC(Oc4ccc(Oc5c(-c6ccc(Br)cc6)sc6cc(OCc7ccccc7)ccc56)cc4)CC3)C2)ccc1C(=O)OF. The van der Waals surface area contributed by atoms with E-state index >= 15 is 0 Å². The van der Waals surface area contributed by atoms with Crippen LogP contribution in [0.1, 0.15) is 39.1 Å². The van der Waals surface area contributed by atoms with Gasteiger partial charge in [-0.1, -0.05) is 58.4 Å². The number of halogens is 2. The van der Waals surface area contributed by atoms with Gasteiger partial charge in [-0.3, -0.25) is 9.69 Å². The topological polar surface area (TPSA) is 77.5 Å². The summed E-state index contributed by atoms with van der Waals surface area (Å²) in [6.45, 7) is 3.97. The van der Waals surface area contributed by atoms with Crippen LogP contribution in [0.3, 0.4) is 0 Å². The summed E-state index contributed by atoms with van der Waals surface area (Å²) >= 11 is 5.24. The fourth-order valence-corrected chi connectivity index (χ4v) is 8.43. The van der Waals surface area contributed by atoms with E-state index in [0.717, 1.165) is 98.3 Å². The summed E-state index contributed by atoms with van der Waals surface area (Å²) in [6, 6.07) is 37.6. The molecule has 11 heteroatoms. The number of aldehydes is 1. The summed E-state index contributed by atoms with van der Waals surface area (Å²) in [7, 11) is 0. The Bertz CT molecular complexity index is 2250. The minimum Gasteiger partial charge on any atom is -0.490 e.